The number of carbonyl (C=O) groups is 1. The Balaban J connectivity index is 0.00000132. The highest BCUT2D eigenvalue weighted by Gasteiger charge is 2.26. The number of halogens is 2. The average Bonchev–Trinajstić information content (AvgIpc) is 3.07. The predicted molar refractivity (Wildman–Crippen MR) is 95.4 cm³/mol. The Morgan fingerprint density at radius 1 is 1.48 bits per heavy atom. The Labute approximate surface area is 151 Å². The van der Waals surface area contributed by atoms with Crippen molar-refractivity contribution in [2.75, 3.05) is 7.05 Å². The maximum absolute atomic E-state index is 12.3. The van der Waals surface area contributed by atoms with E-state index in [9.17, 15) is 4.79 Å². The van der Waals surface area contributed by atoms with Crippen molar-refractivity contribution in [1.29, 1.82) is 0 Å². The number of thiazole rings is 1. The van der Waals surface area contributed by atoms with Crippen LogP contribution in [0.1, 0.15) is 41.1 Å². The molecule has 2 heterocycles. The fourth-order valence-electron chi connectivity index (χ4n) is 2.28. The maximum atomic E-state index is 12.3. The lowest BCUT2D eigenvalue weighted by atomic mass is 10.1. The summed E-state index contributed by atoms with van der Waals surface area (Å²) in [5, 5.41) is 13.1. The number of aromatic nitrogens is 3. The molecule has 0 bridgehead atoms. The van der Waals surface area contributed by atoms with E-state index in [1.165, 1.54) is 18.5 Å². The summed E-state index contributed by atoms with van der Waals surface area (Å²) in [5.74, 6) is 0.597. The second kappa shape index (κ2) is 8.63. The number of amides is 1. The van der Waals surface area contributed by atoms with Gasteiger partial charge >= 0.3 is 0 Å². The molecule has 0 radical (unpaired) electrons. The minimum Gasteiger partial charge on any atom is -0.348 e. The molecule has 1 unspecified atom stereocenters. The summed E-state index contributed by atoms with van der Waals surface area (Å²) in [5.41, 5.74) is 2.04. The predicted octanol–water partition coefficient (Wildman–Crippen LogP) is 2.17. The molecule has 1 fully saturated rings. The molecule has 0 aromatic carbocycles. The van der Waals surface area contributed by atoms with Crippen LogP contribution in [0.3, 0.4) is 0 Å². The van der Waals surface area contributed by atoms with E-state index in [1.807, 2.05) is 13.2 Å². The van der Waals surface area contributed by atoms with E-state index in [1.54, 1.807) is 29.3 Å². The molecule has 0 saturated heterocycles. The number of likely N-dealkylation sites (N-methyl/N-ethyl adjacent to an activating group) is 1. The van der Waals surface area contributed by atoms with Gasteiger partial charge in [0.2, 0.25) is 5.91 Å². The van der Waals surface area contributed by atoms with Crippen molar-refractivity contribution < 1.29 is 4.79 Å². The van der Waals surface area contributed by atoms with Gasteiger partial charge in [-0.1, -0.05) is 0 Å². The van der Waals surface area contributed by atoms with E-state index < -0.39 is 0 Å². The molecule has 1 amide bonds. The fourth-order valence-corrected chi connectivity index (χ4v) is 3.09. The van der Waals surface area contributed by atoms with Crippen LogP contribution in [0.5, 0.6) is 0 Å². The highest BCUT2D eigenvalue weighted by Crippen LogP contribution is 2.40. The molecule has 3 rings (SSSR count). The van der Waals surface area contributed by atoms with Crippen molar-refractivity contribution in [3.8, 4) is 0 Å². The molecule has 1 aliphatic carbocycles. The second-order valence-corrected chi connectivity index (χ2v) is 6.27. The van der Waals surface area contributed by atoms with Crippen molar-refractivity contribution >= 4 is 42.1 Å². The van der Waals surface area contributed by atoms with Gasteiger partial charge in [0.1, 0.15) is 11.0 Å². The average molecular weight is 378 g/mol. The number of hydrogen-bond acceptors (Lipinski definition) is 5. The third kappa shape index (κ3) is 4.91. The van der Waals surface area contributed by atoms with Crippen LogP contribution >= 0.6 is 36.2 Å². The van der Waals surface area contributed by atoms with Crippen molar-refractivity contribution in [3.63, 3.8) is 0 Å². The highest BCUT2D eigenvalue weighted by atomic mass is 35.5. The van der Waals surface area contributed by atoms with Gasteiger partial charge in [-0.15, -0.1) is 36.2 Å². The minimum atomic E-state index is -0.387. The lowest BCUT2D eigenvalue weighted by Crippen LogP contribution is -2.35. The smallest absolute Gasteiger partial charge is 0.242 e. The van der Waals surface area contributed by atoms with Gasteiger partial charge in [0.15, 0.2) is 0 Å². The highest BCUT2D eigenvalue weighted by molar-refractivity contribution is 7.09. The third-order valence-electron chi connectivity index (χ3n) is 3.59. The van der Waals surface area contributed by atoms with Gasteiger partial charge in [-0.25, -0.2) is 4.98 Å². The first-order chi connectivity index (χ1) is 10.2. The Kier molecular flexibility index (Phi) is 7.47. The minimum absolute atomic E-state index is 0. The molecule has 0 aliphatic heterocycles. The molecule has 128 valence electrons. The standard InChI is InChI=1S/C14H19N5OS.2ClH/c1-15-13(10-5-17-19(2)7-10)14(20)16-6-12-18-11(8-21-12)9-3-4-9;;/h5,7-9,13,15H,3-4,6H2,1-2H3,(H,16,20);2*1H. The summed E-state index contributed by atoms with van der Waals surface area (Å²) >= 11 is 1.62. The molecule has 2 aromatic heterocycles. The molecule has 0 spiro atoms. The number of nitrogens with one attached hydrogen (secondary N) is 2. The van der Waals surface area contributed by atoms with E-state index in [0.717, 1.165) is 10.6 Å². The number of aryl methyl sites for hydroxylation is 1. The first-order valence-corrected chi connectivity index (χ1v) is 7.93. The first kappa shape index (κ1) is 19.9. The van der Waals surface area contributed by atoms with Crippen LogP contribution in [0.2, 0.25) is 0 Å². The van der Waals surface area contributed by atoms with Gasteiger partial charge in [0.25, 0.3) is 0 Å². The lowest BCUT2D eigenvalue weighted by Gasteiger charge is -2.13. The Bertz CT molecular complexity index is 641. The quantitative estimate of drug-likeness (QED) is 0.808. The molecule has 1 atom stereocenters. The zero-order chi connectivity index (χ0) is 14.8. The SMILES string of the molecule is CNC(C(=O)NCc1nc(C2CC2)cs1)c1cnn(C)c1.Cl.Cl. The molecule has 2 N–H and O–H groups in total. The van der Waals surface area contributed by atoms with Crippen LogP contribution < -0.4 is 10.6 Å². The summed E-state index contributed by atoms with van der Waals surface area (Å²) in [6.07, 6.45) is 6.04. The van der Waals surface area contributed by atoms with E-state index >= 15 is 0 Å². The third-order valence-corrected chi connectivity index (χ3v) is 4.46. The van der Waals surface area contributed by atoms with Crippen LogP contribution in [-0.4, -0.2) is 27.7 Å². The molecule has 1 aliphatic rings. The largest absolute Gasteiger partial charge is 0.348 e. The van der Waals surface area contributed by atoms with Gasteiger partial charge in [-0.05, 0) is 19.9 Å². The summed E-state index contributed by atoms with van der Waals surface area (Å²) in [7, 11) is 3.61. The molecule has 1 saturated carbocycles. The second-order valence-electron chi connectivity index (χ2n) is 5.33. The molecule has 23 heavy (non-hydrogen) atoms. The van der Waals surface area contributed by atoms with Crippen LogP contribution in [0.25, 0.3) is 0 Å². The lowest BCUT2D eigenvalue weighted by molar-refractivity contribution is -0.123. The Morgan fingerprint density at radius 2 is 2.22 bits per heavy atom. The zero-order valence-electron chi connectivity index (χ0n) is 13.0. The normalized spacial score (nSPS) is 14.5. The summed E-state index contributed by atoms with van der Waals surface area (Å²) in [4.78, 5) is 16.8. The fraction of sp³-hybridized carbons (Fsp3) is 0.500. The summed E-state index contributed by atoms with van der Waals surface area (Å²) in [6, 6.07) is -0.387. The summed E-state index contributed by atoms with van der Waals surface area (Å²) in [6.45, 7) is 0.481. The molecule has 9 heteroatoms. The number of nitrogens with zero attached hydrogens (tertiary/aromatic N) is 3. The Hall–Kier alpha value is -1.15. The molecule has 2 aromatic rings. The topological polar surface area (TPSA) is 71.8 Å². The van der Waals surface area contributed by atoms with Gasteiger partial charge in [0.05, 0.1) is 18.4 Å². The Morgan fingerprint density at radius 3 is 2.78 bits per heavy atom. The molecular weight excluding hydrogens is 357 g/mol. The van der Waals surface area contributed by atoms with Gasteiger partial charge in [0, 0.05) is 30.1 Å². The van der Waals surface area contributed by atoms with E-state index in [4.69, 9.17) is 0 Å². The van der Waals surface area contributed by atoms with Crippen molar-refractivity contribution in [1.82, 2.24) is 25.4 Å². The molecule has 6 nitrogen and oxygen atoms in total. The van der Waals surface area contributed by atoms with Gasteiger partial charge in [-0.3, -0.25) is 9.48 Å². The van der Waals surface area contributed by atoms with Crippen LogP contribution in [0.15, 0.2) is 17.8 Å². The maximum Gasteiger partial charge on any atom is 0.242 e. The summed E-state index contributed by atoms with van der Waals surface area (Å²) < 4.78 is 1.69. The van der Waals surface area contributed by atoms with Crippen molar-refractivity contribution in [2.45, 2.75) is 31.3 Å². The monoisotopic (exact) mass is 377 g/mol. The first-order valence-electron chi connectivity index (χ1n) is 7.05. The van der Waals surface area contributed by atoms with E-state index in [0.29, 0.717) is 12.5 Å². The zero-order valence-corrected chi connectivity index (χ0v) is 15.4. The van der Waals surface area contributed by atoms with Crippen LogP contribution in [-0.2, 0) is 18.4 Å². The van der Waals surface area contributed by atoms with Gasteiger partial charge in [-0.2, -0.15) is 5.10 Å². The van der Waals surface area contributed by atoms with Crippen LogP contribution in [0, 0.1) is 0 Å². The number of rotatable bonds is 6. The van der Waals surface area contributed by atoms with Crippen LogP contribution in [0.4, 0.5) is 0 Å². The van der Waals surface area contributed by atoms with Crippen molar-refractivity contribution in [2.24, 2.45) is 7.05 Å². The van der Waals surface area contributed by atoms with Gasteiger partial charge < -0.3 is 10.6 Å². The van der Waals surface area contributed by atoms with E-state index in [-0.39, 0.29) is 36.8 Å². The van der Waals surface area contributed by atoms with E-state index in [2.05, 4.69) is 26.1 Å². The van der Waals surface area contributed by atoms with Crippen molar-refractivity contribution in [3.05, 3.63) is 34.0 Å². The number of hydrogen-bond donors (Lipinski definition) is 2. The molecular formula is C14H21Cl2N5OS. The number of carbonyl (C=O) groups excluding carboxylic acids is 1.